The number of H-pyrrole nitrogens is 1. The van der Waals surface area contributed by atoms with Crippen molar-refractivity contribution in [3.63, 3.8) is 0 Å². The molecule has 0 amide bonds. The largest absolute Gasteiger partial charge is 0.371 e. The van der Waals surface area contributed by atoms with Crippen molar-refractivity contribution < 1.29 is 0 Å². The monoisotopic (exact) mass is 344 g/mol. The van der Waals surface area contributed by atoms with Gasteiger partial charge in [0.2, 0.25) is 0 Å². The molecular weight excluding hydrogens is 320 g/mol. The van der Waals surface area contributed by atoms with Crippen molar-refractivity contribution in [1.29, 1.82) is 0 Å². The Morgan fingerprint density at radius 1 is 1.24 bits per heavy atom. The standard InChI is InChI=1S/C17H24N6O2/c1-17(2,3)12-5-6-14(21-20-12)23-9-11(10-23)8-18-13-7-15(24)22(4)16(25)19-13/h5-7,11,18H,8-10H2,1-4H3,(H,19,25). The van der Waals surface area contributed by atoms with Crippen LogP contribution < -0.4 is 21.5 Å². The summed E-state index contributed by atoms with van der Waals surface area (Å²) in [5.74, 6) is 1.77. The van der Waals surface area contributed by atoms with E-state index in [-0.39, 0.29) is 11.0 Å². The average Bonchev–Trinajstić information content (AvgIpc) is 2.50. The lowest BCUT2D eigenvalue weighted by molar-refractivity contribution is 0.424. The summed E-state index contributed by atoms with van der Waals surface area (Å²) in [4.78, 5) is 28.0. The van der Waals surface area contributed by atoms with Gasteiger partial charge in [0.25, 0.3) is 5.56 Å². The van der Waals surface area contributed by atoms with Gasteiger partial charge in [-0.2, -0.15) is 5.10 Å². The van der Waals surface area contributed by atoms with Gasteiger partial charge in [-0.15, -0.1) is 5.10 Å². The van der Waals surface area contributed by atoms with Crippen LogP contribution in [0.4, 0.5) is 11.6 Å². The summed E-state index contributed by atoms with van der Waals surface area (Å²) in [6.45, 7) is 8.76. The van der Waals surface area contributed by atoms with Crippen LogP contribution in [0.3, 0.4) is 0 Å². The number of hydrogen-bond acceptors (Lipinski definition) is 6. The van der Waals surface area contributed by atoms with Gasteiger partial charge in [0.15, 0.2) is 5.82 Å². The van der Waals surface area contributed by atoms with E-state index in [1.165, 1.54) is 13.1 Å². The Hall–Kier alpha value is -2.64. The first-order chi connectivity index (χ1) is 11.7. The molecule has 2 aromatic heterocycles. The number of rotatable bonds is 4. The molecule has 0 unspecified atom stereocenters. The Bertz CT molecular complexity index is 825. The first-order valence-corrected chi connectivity index (χ1v) is 8.37. The molecule has 1 aliphatic rings. The van der Waals surface area contributed by atoms with Crippen molar-refractivity contribution >= 4 is 11.6 Å². The van der Waals surface area contributed by atoms with E-state index in [0.29, 0.717) is 18.3 Å². The van der Waals surface area contributed by atoms with Gasteiger partial charge in [0.05, 0.1) is 5.69 Å². The van der Waals surface area contributed by atoms with E-state index >= 15 is 0 Å². The quantitative estimate of drug-likeness (QED) is 0.848. The molecule has 2 N–H and O–H groups in total. The highest BCUT2D eigenvalue weighted by atomic mass is 16.2. The molecule has 0 spiro atoms. The zero-order valence-corrected chi connectivity index (χ0v) is 15.0. The Morgan fingerprint density at radius 2 is 1.96 bits per heavy atom. The molecule has 1 fully saturated rings. The summed E-state index contributed by atoms with van der Waals surface area (Å²) in [7, 11) is 1.45. The molecule has 0 radical (unpaired) electrons. The van der Waals surface area contributed by atoms with Gasteiger partial charge in [-0.1, -0.05) is 20.8 Å². The predicted octanol–water partition coefficient (Wildman–Crippen LogP) is 0.709. The van der Waals surface area contributed by atoms with Crippen molar-refractivity contribution in [2.45, 2.75) is 26.2 Å². The van der Waals surface area contributed by atoms with Crippen LogP contribution >= 0.6 is 0 Å². The molecule has 0 atom stereocenters. The molecule has 8 heteroatoms. The van der Waals surface area contributed by atoms with Gasteiger partial charge < -0.3 is 10.2 Å². The van der Waals surface area contributed by atoms with Gasteiger partial charge in [-0.25, -0.2) is 4.79 Å². The smallest absolute Gasteiger partial charge is 0.329 e. The Balaban J connectivity index is 1.53. The molecule has 2 aromatic rings. The van der Waals surface area contributed by atoms with Gasteiger partial charge in [-0.05, 0) is 12.1 Å². The van der Waals surface area contributed by atoms with Crippen LogP contribution in [0, 0.1) is 5.92 Å². The third-order valence-electron chi connectivity index (χ3n) is 4.43. The minimum absolute atomic E-state index is 0.00338. The number of aromatic nitrogens is 4. The molecule has 3 rings (SSSR count). The summed E-state index contributed by atoms with van der Waals surface area (Å²) in [6.07, 6.45) is 0. The van der Waals surface area contributed by atoms with E-state index in [1.54, 1.807) is 0 Å². The minimum atomic E-state index is -0.417. The van der Waals surface area contributed by atoms with E-state index in [2.05, 4.69) is 46.2 Å². The highest BCUT2D eigenvalue weighted by Crippen LogP contribution is 2.25. The maximum absolute atomic E-state index is 11.6. The number of hydrogen-bond donors (Lipinski definition) is 2. The second-order valence-electron chi connectivity index (χ2n) is 7.56. The highest BCUT2D eigenvalue weighted by Gasteiger charge is 2.28. The zero-order chi connectivity index (χ0) is 18.2. The fourth-order valence-corrected chi connectivity index (χ4v) is 2.68. The number of nitrogens with one attached hydrogen (secondary N) is 2. The van der Waals surface area contributed by atoms with Crippen LogP contribution in [-0.4, -0.2) is 39.4 Å². The molecule has 8 nitrogen and oxygen atoms in total. The van der Waals surface area contributed by atoms with E-state index in [4.69, 9.17) is 0 Å². The molecule has 0 aliphatic carbocycles. The number of anilines is 2. The van der Waals surface area contributed by atoms with Crippen molar-refractivity contribution in [2.75, 3.05) is 29.9 Å². The molecule has 3 heterocycles. The molecule has 1 aliphatic heterocycles. The van der Waals surface area contributed by atoms with Crippen molar-refractivity contribution in [2.24, 2.45) is 13.0 Å². The van der Waals surface area contributed by atoms with Crippen LogP contribution in [0.1, 0.15) is 26.5 Å². The van der Waals surface area contributed by atoms with Crippen molar-refractivity contribution in [1.82, 2.24) is 19.7 Å². The molecule has 0 bridgehead atoms. The summed E-state index contributed by atoms with van der Waals surface area (Å²) in [5.41, 5.74) is 0.232. The maximum atomic E-state index is 11.6. The third-order valence-corrected chi connectivity index (χ3v) is 4.43. The van der Waals surface area contributed by atoms with E-state index in [9.17, 15) is 9.59 Å². The lowest BCUT2D eigenvalue weighted by Gasteiger charge is -2.40. The molecular formula is C17H24N6O2. The lowest BCUT2D eigenvalue weighted by atomic mass is 9.92. The van der Waals surface area contributed by atoms with E-state index in [0.717, 1.165) is 29.2 Å². The first-order valence-electron chi connectivity index (χ1n) is 8.37. The average molecular weight is 344 g/mol. The molecule has 25 heavy (non-hydrogen) atoms. The summed E-state index contributed by atoms with van der Waals surface area (Å²) < 4.78 is 1.04. The maximum Gasteiger partial charge on any atom is 0.329 e. The van der Waals surface area contributed by atoms with Crippen molar-refractivity contribution in [3.05, 3.63) is 44.7 Å². The normalized spacial score (nSPS) is 15.1. The fourth-order valence-electron chi connectivity index (χ4n) is 2.68. The zero-order valence-electron chi connectivity index (χ0n) is 15.0. The van der Waals surface area contributed by atoms with Crippen LogP contribution in [0.25, 0.3) is 0 Å². The summed E-state index contributed by atoms with van der Waals surface area (Å²) in [6, 6.07) is 5.43. The molecule has 0 aromatic carbocycles. The van der Waals surface area contributed by atoms with Crippen LogP contribution in [0.2, 0.25) is 0 Å². The molecule has 134 valence electrons. The van der Waals surface area contributed by atoms with E-state index < -0.39 is 5.69 Å². The summed E-state index contributed by atoms with van der Waals surface area (Å²) in [5, 5.41) is 11.8. The third kappa shape index (κ3) is 3.72. The highest BCUT2D eigenvalue weighted by molar-refractivity contribution is 5.42. The van der Waals surface area contributed by atoms with Crippen LogP contribution in [0.15, 0.2) is 27.8 Å². The molecule has 1 saturated heterocycles. The van der Waals surface area contributed by atoms with Gasteiger partial charge in [0.1, 0.15) is 5.82 Å². The Kier molecular flexibility index (Phi) is 4.36. The first kappa shape index (κ1) is 17.2. The van der Waals surface area contributed by atoms with Gasteiger partial charge in [0, 0.05) is 44.1 Å². The topological polar surface area (TPSA) is 95.9 Å². The second-order valence-corrected chi connectivity index (χ2v) is 7.56. The summed E-state index contributed by atoms with van der Waals surface area (Å²) >= 11 is 0. The fraction of sp³-hybridized carbons (Fsp3) is 0.529. The van der Waals surface area contributed by atoms with Gasteiger partial charge >= 0.3 is 5.69 Å². The SMILES string of the molecule is Cn1c(=O)cc(NCC2CN(c3ccc(C(C)(C)C)nn3)C2)[nH]c1=O. The Morgan fingerprint density at radius 3 is 2.52 bits per heavy atom. The lowest BCUT2D eigenvalue weighted by Crippen LogP contribution is -2.50. The van der Waals surface area contributed by atoms with E-state index in [1.807, 2.05) is 12.1 Å². The number of nitrogens with zero attached hydrogens (tertiary/aromatic N) is 4. The van der Waals surface area contributed by atoms with Gasteiger partial charge in [-0.3, -0.25) is 14.3 Å². The number of aromatic amines is 1. The molecule has 0 saturated carbocycles. The van der Waals surface area contributed by atoms with Crippen LogP contribution in [0.5, 0.6) is 0 Å². The van der Waals surface area contributed by atoms with Crippen LogP contribution in [-0.2, 0) is 12.5 Å². The minimum Gasteiger partial charge on any atom is -0.371 e. The Labute approximate surface area is 145 Å². The predicted molar refractivity (Wildman–Crippen MR) is 97.2 cm³/mol. The van der Waals surface area contributed by atoms with Crippen molar-refractivity contribution in [3.8, 4) is 0 Å². The second kappa shape index (κ2) is 6.34.